The van der Waals surface area contributed by atoms with Gasteiger partial charge >= 0.3 is 6.09 Å². The average Bonchev–Trinajstić information content (AvgIpc) is 2.33. The Labute approximate surface area is 128 Å². The highest BCUT2D eigenvalue weighted by Crippen LogP contribution is 2.63. The first-order valence-electron chi connectivity index (χ1n) is 8.17. The zero-order chi connectivity index (χ0) is 16.0. The summed E-state index contributed by atoms with van der Waals surface area (Å²) in [6.07, 6.45) is 1.65. The summed E-state index contributed by atoms with van der Waals surface area (Å²) in [5, 5.41) is 13.1. The van der Waals surface area contributed by atoms with Crippen LogP contribution in [0.15, 0.2) is 0 Å². The summed E-state index contributed by atoms with van der Waals surface area (Å²) < 4.78 is 5.29. The van der Waals surface area contributed by atoms with Gasteiger partial charge in [0.15, 0.2) is 0 Å². The van der Waals surface area contributed by atoms with Crippen LogP contribution < -0.4 is 5.32 Å². The van der Waals surface area contributed by atoms with Crippen molar-refractivity contribution in [2.75, 3.05) is 6.54 Å². The lowest BCUT2D eigenvalue weighted by Crippen LogP contribution is -2.59. The van der Waals surface area contributed by atoms with Gasteiger partial charge in [-0.1, -0.05) is 13.8 Å². The third-order valence-corrected chi connectivity index (χ3v) is 5.61. The number of hydrogen-bond donors (Lipinski definition) is 2. The third kappa shape index (κ3) is 3.36. The largest absolute Gasteiger partial charge is 0.444 e. The Balaban J connectivity index is 1.93. The minimum absolute atomic E-state index is 0.278. The number of carbonyl (C=O) groups is 1. The molecule has 3 rings (SSSR count). The van der Waals surface area contributed by atoms with E-state index in [9.17, 15) is 9.90 Å². The van der Waals surface area contributed by atoms with Crippen molar-refractivity contribution >= 4 is 6.09 Å². The van der Waals surface area contributed by atoms with Gasteiger partial charge < -0.3 is 15.2 Å². The van der Waals surface area contributed by atoms with Crippen molar-refractivity contribution < 1.29 is 14.6 Å². The molecule has 3 aliphatic rings. The Hall–Kier alpha value is -0.770. The molecule has 0 aliphatic heterocycles. The number of amides is 1. The molecule has 0 aromatic carbocycles. The van der Waals surface area contributed by atoms with Crippen LogP contribution in [0, 0.1) is 29.1 Å². The van der Waals surface area contributed by atoms with E-state index in [-0.39, 0.29) is 18.1 Å². The number of aliphatic hydroxyl groups excluding tert-OH is 1. The molecule has 1 amide bonds. The molecule has 2 bridgehead atoms. The van der Waals surface area contributed by atoms with E-state index in [1.54, 1.807) is 0 Å². The van der Waals surface area contributed by atoms with Crippen molar-refractivity contribution in [2.45, 2.75) is 66.1 Å². The lowest BCUT2D eigenvalue weighted by atomic mass is 9.42. The fourth-order valence-corrected chi connectivity index (χ4v) is 4.44. The highest BCUT2D eigenvalue weighted by atomic mass is 16.6. The van der Waals surface area contributed by atoms with Crippen LogP contribution in [0.1, 0.15) is 54.4 Å². The van der Waals surface area contributed by atoms with Crippen LogP contribution in [0.5, 0.6) is 0 Å². The van der Waals surface area contributed by atoms with E-state index >= 15 is 0 Å². The number of hydrogen-bond acceptors (Lipinski definition) is 3. The van der Waals surface area contributed by atoms with Crippen LogP contribution in [0.3, 0.4) is 0 Å². The van der Waals surface area contributed by atoms with E-state index in [1.165, 1.54) is 6.42 Å². The molecule has 0 spiro atoms. The molecule has 2 N–H and O–H groups in total. The Kier molecular flexibility index (Phi) is 4.31. The van der Waals surface area contributed by atoms with E-state index in [4.69, 9.17) is 4.74 Å². The fraction of sp³-hybridized carbons (Fsp3) is 0.941. The second-order valence-corrected chi connectivity index (χ2v) is 8.56. The van der Waals surface area contributed by atoms with Crippen LogP contribution in [0.25, 0.3) is 0 Å². The molecule has 0 radical (unpaired) electrons. The lowest BCUT2D eigenvalue weighted by molar-refractivity contribution is -0.162. The molecular formula is C17H31NO3. The van der Waals surface area contributed by atoms with Gasteiger partial charge in [0, 0.05) is 6.54 Å². The number of aliphatic hydroxyl groups is 1. The molecule has 5 atom stereocenters. The van der Waals surface area contributed by atoms with Crippen LogP contribution in [0.2, 0.25) is 0 Å². The molecule has 0 aromatic rings. The monoisotopic (exact) mass is 297 g/mol. The van der Waals surface area contributed by atoms with E-state index in [1.807, 2.05) is 27.7 Å². The summed E-state index contributed by atoms with van der Waals surface area (Å²) in [5.74, 6) is 1.93. The molecule has 5 unspecified atom stereocenters. The number of fused-ring (bicyclic) bond motifs is 2. The first kappa shape index (κ1) is 16.6. The van der Waals surface area contributed by atoms with Gasteiger partial charge in [-0.05, 0) is 69.6 Å². The molecule has 3 aliphatic carbocycles. The predicted molar refractivity (Wildman–Crippen MR) is 82.9 cm³/mol. The van der Waals surface area contributed by atoms with E-state index in [2.05, 4.69) is 19.2 Å². The van der Waals surface area contributed by atoms with Crippen molar-refractivity contribution in [3.8, 4) is 0 Å². The number of ether oxygens (including phenoxy) is 1. The van der Waals surface area contributed by atoms with Crippen molar-refractivity contribution in [1.82, 2.24) is 5.32 Å². The molecule has 3 fully saturated rings. The normalized spacial score (nSPS) is 35.6. The van der Waals surface area contributed by atoms with E-state index < -0.39 is 5.60 Å². The van der Waals surface area contributed by atoms with Gasteiger partial charge in [-0.25, -0.2) is 4.79 Å². The second-order valence-electron chi connectivity index (χ2n) is 8.56. The first-order valence-corrected chi connectivity index (χ1v) is 8.17. The van der Waals surface area contributed by atoms with Crippen molar-refractivity contribution in [1.29, 1.82) is 0 Å². The van der Waals surface area contributed by atoms with E-state index in [0.29, 0.717) is 23.8 Å². The Morgan fingerprint density at radius 1 is 1.38 bits per heavy atom. The molecule has 0 aromatic heterocycles. The highest BCUT2D eigenvalue weighted by Gasteiger charge is 2.58. The molecular weight excluding hydrogens is 266 g/mol. The maximum Gasteiger partial charge on any atom is 0.407 e. The van der Waals surface area contributed by atoms with Crippen molar-refractivity contribution in [3.63, 3.8) is 0 Å². The van der Waals surface area contributed by atoms with E-state index in [0.717, 1.165) is 12.3 Å². The van der Waals surface area contributed by atoms with Gasteiger partial charge in [0.2, 0.25) is 0 Å². The minimum atomic E-state index is -0.468. The number of alkyl carbamates (subject to hydrolysis) is 1. The Morgan fingerprint density at radius 2 is 2.00 bits per heavy atom. The summed E-state index contributed by atoms with van der Waals surface area (Å²) in [6.45, 7) is 12.7. The molecule has 122 valence electrons. The summed E-state index contributed by atoms with van der Waals surface area (Å²) in [7, 11) is 0. The predicted octanol–water partition coefficient (Wildman–Crippen LogP) is 3.19. The lowest BCUT2D eigenvalue weighted by Gasteiger charge is -2.63. The summed E-state index contributed by atoms with van der Waals surface area (Å²) in [4.78, 5) is 11.8. The third-order valence-electron chi connectivity index (χ3n) is 5.61. The second kappa shape index (κ2) is 5.45. The molecule has 3 saturated carbocycles. The smallest absolute Gasteiger partial charge is 0.407 e. The quantitative estimate of drug-likeness (QED) is 0.841. The molecule has 4 heteroatoms. The molecule has 21 heavy (non-hydrogen) atoms. The summed E-state index contributed by atoms with van der Waals surface area (Å²) in [5.41, 5.74) is -0.130. The number of nitrogens with one attached hydrogen (secondary N) is 1. The van der Waals surface area contributed by atoms with Gasteiger partial charge in [0.25, 0.3) is 0 Å². The summed E-state index contributed by atoms with van der Waals surface area (Å²) in [6, 6.07) is 0. The molecule has 0 heterocycles. The van der Waals surface area contributed by atoms with Crippen LogP contribution >= 0.6 is 0 Å². The van der Waals surface area contributed by atoms with Gasteiger partial charge in [-0.15, -0.1) is 0 Å². The van der Waals surface area contributed by atoms with Crippen LogP contribution in [-0.2, 0) is 4.74 Å². The molecule has 4 nitrogen and oxygen atoms in total. The summed E-state index contributed by atoms with van der Waals surface area (Å²) >= 11 is 0. The maximum absolute atomic E-state index is 11.8. The molecule has 0 saturated heterocycles. The number of carbonyl (C=O) groups excluding carboxylic acids is 1. The van der Waals surface area contributed by atoms with Crippen LogP contribution in [0.4, 0.5) is 4.79 Å². The standard InChI is InChI=1S/C17H31NO3/c1-10(19)14-11(7-12-8-13(14)17(12,5)6)9-18-15(20)21-16(2,3)4/h10-14,19H,7-9H2,1-6H3,(H,18,20). The SMILES string of the molecule is CC(O)C1C(CNC(=O)OC(C)(C)C)CC2CC1C2(C)C. The first-order chi connectivity index (χ1) is 9.52. The van der Waals surface area contributed by atoms with Gasteiger partial charge in [-0.2, -0.15) is 0 Å². The maximum atomic E-state index is 11.8. The van der Waals surface area contributed by atoms with Gasteiger partial charge in [-0.3, -0.25) is 0 Å². The zero-order valence-corrected chi connectivity index (χ0v) is 14.3. The van der Waals surface area contributed by atoms with Gasteiger partial charge in [0.1, 0.15) is 5.60 Å². The Bertz CT molecular complexity index is 397. The van der Waals surface area contributed by atoms with Crippen molar-refractivity contribution in [3.05, 3.63) is 0 Å². The minimum Gasteiger partial charge on any atom is -0.444 e. The average molecular weight is 297 g/mol. The van der Waals surface area contributed by atoms with Gasteiger partial charge in [0.05, 0.1) is 6.10 Å². The van der Waals surface area contributed by atoms with Crippen molar-refractivity contribution in [2.24, 2.45) is 29.1 Å². The van der Waals surface area contributed by atoms with Crippen LogP contribution in [-0.4, -0.2) is 29.4 Å². The Morgan fingerprint density at radius 3 is 2.48 bits per heavy atom. The number of rotatable bonds is 3. The highest BCUT2D eigenvalue weighted by molar-refractivity contribution is 5.67. The fourth-order valence-electron chi connectivity index (χ4n) is 4.44. The topological polar surface area (TPSA) is 58.6 Å². The zero-order valence-electron chi connectivity index (χ0n) is 14.3.